The molecule has 0 aromatic heterocycles. The third kappa shape index (κ3) is 2.78. The van der Waals surface area contributed by atoms with Gasteiger partial charge in [-0.2, -0.15) is 0 Å². The largest absolute Gasteiger partial charge is 0.323 e. The van der Waals surface area contributed by atoms with Gasteiger partial charge in [-0.15, -0.1) is 0 Å². The maximum Gasteiger partial charge on any atom is 0.230 e. The van der Waals surface area contributed by atoms with Crippen molar-refractivity contribution < 1.29 is 9.18 Å². The number of benzene rings is 1. The molecule has 0 saturated carbocycles. The maximum atomic E-state index is 14.4. The molecule has 1 aromatic rings. The highest BCUT2D eigenvalue weighted by molar-refractivity contribution is 5.95. The fourth-order valence-electron chi connectivity index (χ4n) is 2.08. The Morgan fingerprint density at radius 1 is 1.47 bits per heavy atom. The van der Waals surface area contributed by atoms with Crippen molar-refractivity contribution in [2.45, 2.75) is 40.2 Å². The zero-order chi connectivity index (χ0) is 14.0. The van der Waals surface area contributed by atoms with E-state index in [1.807, 2.05) is 26.8 Å². The molecule has 19 heavy (non-hydrogen) atoms. The van der Waals surface area contributed by atoms with Crippen LogP contribution in [0.4, 0.5) is 10.1 Å². The van der Waals surface area contributed by atoms with Crippen LogP contribution in [0.25, 0.3) is 0 Å². The Hall–Kier alpha value is -1.42. The lowest BCUT2D eigenvalue weighted by molar-refractivity contribution is -0.124. The van der Waals surface area contributed by atoms with E-state index in [1.54, 1.807) is 6.07 Å². The first-order valence-electron chi connectivity index (χ1n) is 6.78. The van der Waals surface area contributed by atoms with Gasteiger partial charge in [0.05, 0.1) is 5.69 Å². The lowest BCUT2D eigenvalue weighted by Crippen LogP contribution is -2.31. The molecule has 104 valence electrons. The summed E-state index contributed by atoms with van der Waals surface area (Å²) < 4.78 is 14.4. The molecule has 0 bridgehead atoms. The van der Waals surface area contributed by atoms with E-state index in [-0.39, 0.29) is 11.7 Å². The first kappa shape index (κ1) is 14.0. The second-order valence-electron chi connectivity index (χ2n) is 5.68. The smallest absolute Gasteiger partial charge is 0.230 e. The highest BCUT2D eigenvalue weighted by atomic mass is 19.1. The SMILES string of the molecule is CCC(C)(C)C(=O)Nc1ccc2c(c1F)CCNC2. The van der Waals surface area contributed by atoms with E-state index in [2.05, 4.69) is 10.6 Å². The van der Waals surface area contributed by atoms with Gasteiger partial charge in [-0.1, -0.05) is 26.8 Å². The van der Waals surface area contributed by atoms with E-state index in [4.69, 9.17) is 0 Å². The number of carbonyl (C=O) groups is 1. The van der Waals surface area contributed by atoms with Crippen LogP contribution in [0.5, 0.6) is 0 Å². The highest BCUT2D eigenvalue weighted by Gasteiger charge is 2.26. The molecule has 1 aromatic carbocycles. The molecule has 0 atom stereocenters. The average molecular weight is 264 g/mol. The van der Waals surface area contributed by atoms with Crippen molar-refractivity contribution in [2.24, 2.45) is 5.41 Å². The normalized spacial score (nSPS) is 14.9. The molecular formula is C15H21FN2O. The van der Waals surface area contributed by atoms with E-state index in [0.717, 1.165) is 24.1 Å². The molecule has 0 spiro atoms. The number of amides is 1. The van der Waals surface area contributed by atoms with Gasteiger partial charge < -0.3 is 10.6 Å². The van der Waals surface area contributed by atoms with Crippen LogP contribution in [0.1, 0.15) is 38.3 Å². The van der Waals surface area contributed by atoms with Crippen molar-refractivity contribution in [1.29, 1.82) is 0 Å². The summed E-state index contributed by atoms with van der Waals surface area (Å²) in [7, 11) is 0. The lowest BCUT2D eigenvalue weighted by Gasteiger charge is -2.23. The number of nitrogens with one attached hydrogen (secondary N) is 2. The summed E-state index contributed by atoms with van der Waals surface area (Å²) in [5, 5.41) is 5.92. The summed E-state index contributed by atoms with van der Waals surface area (Å²) in [4.78, 5) is 12.1. The number of hydrogen-bond acceptors (Lipinski definition) is 2. The summed E-state index contributed by atoms with van der Waals surface area (Å²) in [5.41, 5.74) is 1.53. The Morgan fingerprint density at radius 2 is 2.21 bits per heavy atom. The van der Waals surface area contributed by atoms with Gasteiger partial charge in [0.2, 0.25) is 5.91 Å². The average Bonchev–Trinajstić information content (AvgIpc) is 2.42. The quantitative estimate of drug-likeness (QED) is 0.881. The lowest BCUT2D eigenvalue weighted by atomic mass is 9.89. The second-order valence-corrected chi connectivity index (χ2v) is 5.68. The van der Waals surface area contributed by atoms with Crippen molar-refractivity contribution in [2.75, 3.05) is 11.9 Å². The Labute approximate surface area is 113 Å². The summed E-state index contributed by atoms with van der Waals surface area (Å²) >= 11 is 0. The molecule has 1 amide bonds. The van der Waals surface area contributed by atoms with E-state index < -0.39 is 5.41 Å². The highest BCUT2D eigenvalue weighted by Crippen LogP contribution is 2.27. The van der Waals surface area contributed by atoms with Crippen LogP contribution in [0.3, 0.4) is 0 Å². The monoisotopic (exact) mass is 264 g/mol. The molecule has 0 saturated heterocycles. The van der Waals surface area contributed by atoms with Gasteiger partial charge in [-0.25, -0.2) is 4.39 Å². The molecule has 0 unspecified atom stereocenters. The third-order valence-electron chi connectivity index (χ3n) is 3.95. The summed E-state index contributed by atoms with van der Waals surface area (Å²) in [6.45, 7) is 7.16. The summed E-state index contributed by atoms with van der Waals surface area (Å²) in [5.74, 6) is -0.415. The first-order chi connectivity index (χ1) is 8.95. The molecule has 2 rings (SSSR count). The fourth-order valence-corrected chi connectivity index (χ4v) is 2.08. The Kier molecular flexibility index (Phi) is 3.90. The van der Waals surface area contributed by atoms with Crippen LogP contribution in [-0.2, 0) is 17.8 Å². The number of hydrogen-bond donors (Lipinski definition) is 2. The number of carbonyl (C=O) groups excluding carboxylic acids is 1. The van der Waals surface area contributed by atoms with Gasteiger partial charge in [-0.3, -0.25) is 4.79 Å². The molecule has 3 nitrogen and oxygen atoms in total. The van der Waals surface area contributed by atoms with Crippen LogP contribution in [0.15, 0.2) is 12.1 Å². The molecular weight excluding hydrogens is 243 g/mol. The predicted octanol–water partition coefficient (Wildman–Crippen LogP) is 2.85. The van der Waals surface area contributed by atoms with Crippen molar-refractivity contribution in [1.82, 2.24) is 5.32 Å². The number of rotatable bonds is 3. The van der Waals surface area contributed by atoms with Crippen molar-refractivity contribution in [3.8, 4) is 0 Å². The Morgan fingerprint density at radius 3 is 2.89 bits per heavy atom. The van der Waals surface area contributed by atoms with Gasteiger partial charge in [0.15, 0.2) is 0 Å². The molecule has 1 aliphatic heterocycles. The van der Waals surface area contributed by atoms with E-state index >= 15 is 0 Å². The standard InChI is InChI=1S/C15H21FN2O/c1-4-15(2,3)14(19)18-12-6-5-10-9-17-8-7-11(10)13(12)16/h5-6,17H,4,7-9H2,1-3H3,(H,18,19). The van der Waals surface area contributed by atoms with Crippen molar-refractivity contribution >= 4 is 11.6 Å². The Bertz CT molecular complexity index is 497. The van der Waals surface area contributed by atoms with Crippen molar-refractivity contribution in [3.05, 3.63) is 29.1 Å². The summed E-state index contributed by atoms with van der Waals surface area (Å²) in [6.07, 6.45) is 1.39. The minimum atomic E-state index is -0.482. The van der Waals surface area contributed by atoms with Crippen LogP contribution < -0.4 is 10.6 Å². The third-order valence-corrected chi connectivity index (χ3v) is 3.95. The van der Waals surface area contributed by atoms with Gasteiger partial charge in [0.25, 0.3) is 0 Å². The van der Waals surface area contributed by atoms with Gasteiger partial charge >= 0.3 is 0 Å². The van der Waals surface area contributed by atoms with Gasteiger partial charge in [0, 0.05) is 12.0 Å². The van der Waals surface area contributed by atoms with E-state index in [9.17, 15) is 9.18 Å². The number of anilines is 1. The number of fused-ring (bicyclic) bond motifs is 1. The van der Waals surface area contributed by atoms with E-state index in [0.29, 0.717) is 18.7 Å². The molecule has 0 aliphatic carbocycles. The van der Waals surface area contributed by atoms with Gasteiger partial charge in [0.1, 0.15) is 5.82 Å². The molecule has 2 N–H and O–H groups in total. The Balaban J connectivity index is 2.25. The molecule has 4 heteroatoms. The van der Waals surface area contributed by atoms with Crippen LogP contribution in [-0.4, -0.2) is 12.5 Å². The molecule has 1 heterocycles. The topological polar surface area (TPSA) is 41.1 Å². The zero-order valence-electron chi connectivity index (χ0n) is 11.8. The minimum absolute atomic E-state index is 0.136. The second kappa shape index (κ2) is 5.29. The minimum Gasteiger partial charge on any atom is -0.323 e. The zero-order valence-corrected chi connectivity index (χ0v) is 11.8. The summed E-state index contributed by atoms with van der Waals surface area (Å²) in [6, 6.07) is 3.55. The first-order valence-corrected chi connectivity index (χ1v) is 6.78. The van der Waals surface area contributed by atoms with Crippen LogP contribution in [0.2, 0.25) is 0 Å². The predicted molar refractivity (Wildman–Crippen MR) is 74.5 cm³/mol. The van der Waals surface area contributed by atoms with Crippen LogP contribution in [0, 0.1) is 11.2 Å². The van der Waals surface area contributed by atoms with Crippen LogP contribution >= 0.6 is 0 Å². The maximum absolute atomic E-state index is 14.4. The van der Waals surface area contributed by atoms with Crippen molar-refractivity contribution in [3.63, 3.8) is 0 Å². The van der Waals surface area contributed by atoms with E-state index in [1.165, 1.54) is 0 Å². The van der Waals surface area contributed by atoms with Gasteiger partial charge in [-0.05, 0) is 36.6 Å². The molecule has 0 fully saturated rings. The molecule has 1 aliphatic rings. The fraction of sp³-hybridized carbons (Fsp3) is 0.533. The molecule has 0 radical (unpaired) electrons. The number of halogens is 1.